The van der Waals surface area contributed by atoms with Crippen molar-refractivity contribution in [1.82, 2.24) is 15.1 Å². The van der Waals surface area contributed by atoms with Crippen molar-refractivity contribution >= 4 is 17.5 Å². The number of guanidine groups is 1. The molecule has 1 aromatic carbocycles. The number of aromatic nitrogens is 3. The van der Waals surface area contributed by atoms with Crippen molar-refractivity contribution < 1.29 is 17.7 Å². The summed E-state index contributed by atoms with van der Waals surface area (Å²) in [5.41, 5.74) is 10.8. The molecule has 3 rings (SSSR count). The quantitative estimate of drug-likeness (QED) is 0.470. The van der Waals surface area contributed by atoms with Gasteiger partial charge in [0.05, 0.1) is 5.56 Å². The molecule has 2 heterocycles. The molecule has 31 heavy (non-hydrogen) atoms. The average molecular weight is 430 g/mol. The first-order valence-corrected chi connectivity index (χ1v) is 8.69. The molecule has 0 saturated heterocycles. The van der Waals surface area contributed by atoms with Crippen molar-refractivity contribution in [3.63, 3.8) is 0 Å². The van der Waals surface area contributed by atoms with E-state index in [9.17, 15) is 13.2 Å². The lowest BCUT2D eigenvalue weighted by atomic mass is 10.2. The van der Waals surface area contributed by atoms with Gasteiger partial charge in [-0.1, -0.05) is 29.9 Å². The maximum atomic E-state index is 13.2. The Bertz CT molecular complexity index is 1140. The zero-order valence-corrected chi connectivity index (χ0v) is 16.2. The molecule has 3 aromatic rings. The summed E-state index contributed by atoms with van der Waals surface area (Å²) >= 11 is 0. The third-order valence-electron chi connectivity index (χ3n) is 3.98. The number of anilines is 1. The molecule has 0 radical (unpaired) electrons. The summed E-state index contributed by atoms with van der Waals surface area (Å²) in [6.07, 6.45) is -3.48. The van der Waals surface area contributed by atoms with Gasteiger partial charge in [-0.3, -0.25) is 4.98 Å². The average Bonchev–Trinajstić information content (AvgIpc) is 3.23. The molecule has 160 valence electrons. The van der Waals surface area contributed by atoms with E-state index in [0.29, 0.717) is 0 Å². The fraction of sp³-hybridized carbons (Fsp3) is 0.105. The lowest BCUT2D eigenvalue weighted by Gasteiger charge is -2.18. The third-order valence-corrected chi connectivity index (χ3v) is 3.98. The number of benzene rings is 1. The largest absolute Gasteiger partial charge is 0.418 e. The Morgan fingerprint density at radius 3 is 2.48 bits per heavy atom. The summed E-state index contributed by atoms with van der Waals surface area (Å²) in [7, 11) is 1.73. The number of halogens is 3. The molecule has 9 nitrogen and oxygen atoms in total. The minimum Gasteiger partial charge on any atom is -0.380 e. The fourth-order valence-electron chi connectivity index (χ4n) is 2.43. The smallest absolute Gasteiger partial charge is 0.380 e. The zero-order chi connectivity index (χ0) is 22.6. The number of nitrogens with zero attached hydrogens (tertiary/aromatic N) is 6. The highest BCUT2D eigenvalue weighted by Crippen LogP contribution is 2.34. The Kier molecular flexibility index (Phi) is 6.00. The van der Waals surface area contributed by atoms with E-state index >= 15 is 0 Å². The number of aliphatic imine (C=N–C) groups is 2. The first-order chi connectivity index (χ1) is 14.7. The Balaban J connectivity index is 1.81. The van der Waals surface area contributed by atoms with Crippen LogP contribution in [0.2, 0.25) is 0 Å². The zero-order valence-electron chi connectivity index (χ0n) is 16.2. The van der Waals surface area contributed by atoms with Crippen LogP contribution in [0.25, 0.3) is 11.6 Å². The van der Waals surface area contributed by atoms with Crippen LogP contribution in [0.15, 0.2) is 75.6 Å². The van der Waals surface area contributed by atoms with Crippen LogP contribution in [-0.4, -0.2) is 34.0 Å². The van der Waals surface area contributed by atoms with Crippen LogP contribution >= 0.6 is 0 Å². The van der Waals surface area contributed by atoms with Gasteiger partial charge in [0, 0.05) is 18.9 Å². The number of para-hydroxylation sites is 1. The maximum Gasteiger partial charge on any atom is 0.418 e. The SMILES string of the molecule is C=C(N=C(N)N=C(N)c1noc(-c2ncccc2C(F)(F)F)n1)N(C)c1ccccc1. The van der Waals surface area contributed by atoms with Crippen LogP contribution in [-0.2, 0) is 6.18 Å². The summed E-state index contributed by atoms with van der Waals surface area (Å²) in [6.45, 7) is 3.81. The summed E-state index contributed by atoms with van der Waals surface area (Å²) in [5.74, 6) is -1.03. The molecule has 0 aliphatic heterocycles. The highest BCUT2D eigenvalue weighted by Gasteiger charge is 2.36. The normalized spacial score (nSPS) is 12.6. The molecule has 0 fully saturated rings. The van der Waals surface area contributed by atoms with Gasteiger partial charge in [0.15, 0.2) is 5.84 Å². The van der Waals surface area contributed by atoms with Crippen molar-refractivity contribution in [2.75, 3.05) is 11.9 Å². The monoisotopic (exact) mass is 430 g/mol. The van der Waals surface area contributed by atoms with Crippen molar-refractivity contribution in [2.45, 2.75) is 6.18 Å². The summed E-state index contributed by atoms with van der Waals surface area (Å²) in [4.78, 5) is 17.1. The van der Waals surface area contributed by atoms with Gasteiger partial charge in [-0.25, -0.2) is 0 Å². The second kappa shape index (κ2) is 8.65. The van der Waals surface area contributed by atoms with E-state index in [1.54, 1.807) is 11.9 Å². The van der Waals surface area contributed by atoms with Gasteiger partial charge in [-0.05, 0) is 24.3 Å². The number of rotatable bonds is 5. The van der Waals surface area contributed by atoms with Crippen molar-refractivity contribution in [2.24, 2.45) is 21.5 Å². The molecule has 12 heteroatoms. The van der Waals surface area contributed by atoms with Gasteiger partial charge in [0.1, 0.15) is 11.5 Å². The lowest BCUT2D eigenvalue weighted by Crippen LogP contribution is -2.22. The van der Waals surface area contributed by atoms with Crippen molar-refractivity contribution in [3.8, 4) is 11.6 Å². The number of pyridine rings is 1. The molecule has 0 aliphatic rings. The molecule has 2 aromatic heterocycles. The second-order valence-corrected chi connectivity index (χ2v) is 6.10. The van der Waals surface area contributed by atoms with Crippen LogP contribution in [0.4, 0.5) is 18.9 Å². The van der Waals surface area contributed by atoms with Gasteiger partial charge in [-0.15, -0.1) is 0 Å². The molecular weight excluding hydrogens is 413 g/mol. The lowest BCUT2D eigenvalue weighted by molar-refractivity contribution is -0.137. The Morgan fingerprint density at radius 2 is 1.81 bits per heavy atom. The van der Waals surface area contributed by atoms with Crippen LogP contribution < -0.4 is 16.4 Å². The molecule has 0 atom stereocenters. The Labute approximate surface area is 174 Å². The van der Waals surface area contributed by atoms with E-state index in [-0.39, 0.29) is 23.4 Å². The van der Waals surface area contributed by atoms with E-state index < -0.39 is 23.3 Å². The number of alkyl halides is 3. The third kappa shape index (κ3) is 5.04. The minimum atomic E-state index is -4.65. The van der Waals surface area contributed by atoms with E-state index in [4.69, 9.17) is 16.0 Å². The first-order valence-electron chi connectivity index (χ1n) is 8.69. The van der Waals surface area contributed by atoms with Crippen molar-refractivity contribution in [3.05, 3.63) is 72.4 Å². The predicted molar refractivity (Wildman–Crippen MR) is 109 cm³/mol. The van der Waals surface area contributed by atoms with Crippen LogP contribution in [0, 0.1) is 0 Å². The van der Waals surface area contributed by atoms with Gasteiger partial charge >= 0.3 is 6.18 Å². The van der Waals surface area contributed by atoms with Crippen molar-refractivity contribution in [1.29, 1.82) is 0 Å². The number of hydrogen-bond donors (Lipinski definition) is 2. The highest BCUT2D eigenvalue weighted by molar-refractivity contribution is 6.02. The molecule has 0 bridgehead atoms. The van der Waals surface area contributed by atoms with E-state index in [2.05, 4.69) is 31.7 Å². The molecule has 0 amide bonds. The Hall–Kier alpha value is -4.22. The molecule has 0 saturated carbocycles. The van der Waals surface area contributed by atoms with Gasteiger partial charge in [-0.2, -0.15) is 28.1 Å². The molecule has 0 spiro atoms. The number of nitrogens with two attached hydrogens (primary N) is 2. The standard InChI is InChI=1S/C19H17F3N8O/c1-11(30(2)12-7-4-3-5-8-12)26-18(24)27-15(23)16-28-17(31-29-16)14-13(19(20,21)22)9-6-10-25-14/h3-10H,1H2,2H3,(H4,23,24,26,27). The van der Waals surface area contributed by atoms with E-state index in [1.807, 2.05) is 30.3 Å². The first kappa shape index (κ1) is 21.5. The van der Waals surface area contributed by atoms with Crippen LogP contribution in [0.5, 0.6) is 0 Å². The van der Waals surface area contributed by atoms with E-state index in [1.165, 1.54) is 6.20 Å². The van der Waals surface area contributed by atoms with Gasteiger partial charge in [0.25, 0.3) is 5.89 Å². The molecular formula is C19H17F3N8O. The Morgan fingerprint density at radius 1 is 1.10 bits per heavy atom. The number of hydrogen-bond acceptors (Lipinski definition) is 6. The summed E-state index contributed by atoms with van der Waals surface area (Å²) in [5, 5.41) is 3.54. The highest BCUT2D eigenvalue weighted by atomic mass is 19.4. The fourth-order valence-corrected chi connectivity index (χ4v) is 2.43. The van der Waals surface area contributed by atoms with Crippen LogP contribution in [0.1, 0.15) is 11.4 Å². The predicted octanol–water partition coefficient (Wildman–Crippen LogP) is 2.78. The summed E-state index contributed by atoms with van der Waals surface area (Å²) in [6, 6.07) is 11.3. The summed E-state index contributed by atoms with van der Waals surface area (Å²) < 4.78 is 44.3. The number of amidine groups is 1. The molecule has 0 unspecified atom stereocenters. The van der Waals surface area contributed by atoms with Gasteiger partial charge < -0.3 is 20.9 Å². The van der Waals surface area contributed by atoms with E-state index in [0.717, 1.165) is 17.8 Å². The van der Waals surface area contributed by atoms with Gasteiger partial charge in [0.2, 0.25) is 11.8 Å². The molecule has 4 N–H and O–H groups in total. The topological polar surface area (TPSA) is 132 Å². The van der Waals surface area contributed by atoms with Crippen LogP contribution in [0.3, 0.4) is 0 Å². The minimum absolute atomic E-state index is 0.259. The molecule has 0 aliphatic carbocycles. The second-order valence-electron chi connectivity index (χ2n) is 6.10. The maximum absolute atomic E-state index is 13.2.